The highest BCUT2D eigenvalue weighted by Crippen LogP contribution is 2.17. The number of fused-ring (bicyclic) bond motifs is 1. The number of hydrazine groups is 1. The van der Waals surface area contributed by atoms with Crippen LogP contribution in [0.2, 0.25) is 0 Å². The van der Waals surface area contributed by atoms with Crippen LogP contribution in [0.25, 0.3) is 16.6 Å². The first-order chi connectivity index (χ1) is 9.70. The van der Waals surface area contributed by atoms with E-state index in [1.54, 1.807) is 42.5 Å². The minimum absolute atomic E-state index is 0.200. The predicted octanol–water partition coefficient (Wildman–Crippen LogP) is 1.25. The van der Waals surface area contributed by atoms with Gasteiger partial charge in [0.1, 0.15) is 0 Å². The van der Waals surface area contributed by atoms with Crippen molar-refractivity contribution in [2.45, 2.75) is 0 Å². The van der Waals surface area contributed by atoms with Crippen LogP contribution in [0.1, 0.15) is 0 Å². The van der Waals surface area contributed by atoms with Gasteiger partial charge in [-0.2, -0.15) is 0 Å². The first-order valence-electron chi connectivity index (χ1n) is 6.05. The lowest BCUT2D eigenvalue weighted by Gasteiger charge is -2.12. The van der Waals surface area contributed by atoms with Crippen LogP contribution < -0.4 is 22.6 Å². The molecule has 0 radical (unpaired) electrons. The number of aromatic nitrogens is 2. The van der Waals surface area contributed by atoms with E-state index in [4.69, 9.17) is 11.6 Å². The first-order valence-corrected chi connectivity index (χ1v) is 6.05. The lowest BCUT2D eigenvalue weighted by Crippen LogP contribution is -2.26. The van der Waals surface area contributed by atoms with Crippen molar-refractivity contribution in [1.82, 2.24) is 9.55 Å². The maximum absolute atomic E-state index is 12.6. The molecule has 0 aliphatic heterocycles. The van der Waals surface area contributed by atoms with Crippen LogP contribution in [0.4, 0.5) is 11.6 Å². The molecule has 20 heavy (non-hydrogen) atoms. The molecule has 2 aromatic carbocycles. The van der Waals surface area contributed by atoms with Crippen LogP contribution in [-0.4, -0.2) is 9.55 Å². The van der Waals surface area contributed by atoms with Gasteiger partial charge in [0, 0.05) is 5.69 Å². The number of hydrogen-bond acceptors (Lipinski definition) is 5. The van der Waals surface area contributed by atoms with Crippen molar-refractivity contribution in [3.63, 3.8) is 0 Å². The zero-order valence-electron chi connectivity index (χ0n) is 10.6. The molecule has 0 amide bonds. The van der Waals surface area contributed by atoms with Crippen molar-refractivity contribution < 1.29 is 0 Å². The second kappa shape index (κ2) is 4.67. The molecule has 0 aliphatic rings. The Morgan fingerprint density at radius 3 is 2.65 bits per heavy atom. The smallest absolute Gasteiger partial charge is 0.267 e. The van der Waals surface area contributed by atoms with Crippen molar-refractivity contribution in [2.75, 3.05) is 11.2 Å². The lowest BCUT2D eigenvalue weighted by molar-refractivity contribution is 0.956. The molecule has 1 aromatic heterocycles. The standard InChI is InChI=1S/C14H13N5O/c15-9-4-3-5-10(8-9)19-13(20)11-6-1-2-7-12(11)17-14(19)18-16/h1-8H,15-16H2,(H,17,18). The number of hydrogen-bond donors (Lipinski definition) is 3. The van der Waals surface area contributed by atoms with Gasteiger partial charge >= 0.3 is 0 Å². The van der Waals surface area contributed by atoms with Gasteiger partial charge in [-0.1, -0.05) is 18.2 Å². The Morgan fingerprint density at radius 1 is 1.10 bits per heavy atom. The third kappa shape index (κ3) is 1.88. The maximum Gasteiger partial charge on any atom is 0.267 e. The fraction of sp³-hybridized carbons (Fsp3) is 0. The molecule has 0 fully saturated rings. The van der Waals surface area contributed by atoms with Crippen LogP contribution >= 0.6 is 0 Å². The molecule has 100 valence electrons. The highest BCUT2D eigenvalue weighted by atomic mass is 16.1. The highest BCUT2D eigenvalue weighted by Gasteiger charge is 2.11. The van der Waals surface area contributed by atoms with Crippen molar-refractivity contribution in [3.05, 3.63) is 58.9 Å². The number of nitrogens with one attached hydrogen (secondary N) is 1. The molecule has 0 aliphatic carbocycles. The molecule has 3 rings (SSSR count). The normalized spacial score (nSPS) is 10.7. The van der Waals surface area contributed by atoms with Crippen LogP contribution in [0.3, 0.4) is 0 Å². The van der Waals surface area contributed by atoms with Gasteiger partial charge in [-0.15, -0.1) is 0 Å². The number of anilines is 2. The molecule has 0 bridgehead atoms. The Balaban J connectivity index is 2.40. The summed E-state index contributed by atoms with van der Waals surface area (Å²) in [6.07, 6.45) is 0. The summed E-state index contributed by atoms with van der Waals surface area (Å²) in [6.45, 7) is 0. The summed E-state index contributed by atoms with van der Waals surface area (Å²) in [6, 6.07) is 14.1. The van der Waals surface area contributed by atoms with Gasteiger partial charge in [-0.25, -0.2) is 15.4 Å². The summed E-state index contributed by atoms with van der Waals surface area (Å²) in [4.78, 5) is 17.0. The Bertz CT molecular complexity index is 840. The van der Waals surface area contributed by atoms with Crippen molar-refractivity contribution in [2.24, 2.45) is 5.84 Å². The number of nitrogen functional groups attached to an aromatic ring is 2. The van der Waals surface area contributed by atoms with E-state index in [9.17, 15) is 4.79 Å². The van der Waals surface area contributed by atoms with Crippen LogP contribution in [-0.2, 0) is 0 Å². The highest BCUT2D eigenvalue weighted by molar-refractivity contribution is 5.79. The molecule has 0 spiro atoms. The number of para-hydroxylation sites is 1. The van der Waals surface area contributed by atoms with E-state index < -0.39 is 0 Å². The zero-order valence-corrected chi connectivity index (χ0v) is 10.6. The second-order valence-corrected chi connectivity index (χ2v) is 4.33. The van der Waals surface area contributed by atoms with Gasteiger partial charge in [0.25, 0.3) is 5.56 Å². The Labute approximate surface area is 114 Å². The summed E-state index contributed by atoms with van der Waals surface area (Å²) in [5.41, 5.74) is 9.78. The Morgan fingerprint density at radius 2 is 1.90 bits per heavy atom. The van der Waals surface area contributed by atoms with Gasteiger partial charge in [-0.05, 0) is 30.3 Å². The molecule has 0 saturated carbocycles. The number of nitrogens with zero attached hydrogens (tertiary/aromatic N) is 2. The SMILES string of the molecule is NNc1nc2ccccc2c(=O)n1-c1cccc(N)c1. The van der Waals surface area contributed by atoms with E-state index in [1.165, 1.54) is 4.57 Å². The van der Waals surface area contributed by atoms with Gasteiger partial charge in [0.15, 0.2) is 0 Å². The molecular weight excluding hydrogens is 254 g/mol. The number of nitrogens with two attached hydrogens (primary N) is 2. The van der Waals surface area contributed by atoms with Crippen LogP contribution in [0.15, 0.2) is 53.3 Å². The molecule has 1 heterocycles. The van der Waals surface area contributed by atoms with E-state index in [2.05, 4.69) is 10.4 Å². The van der Waals surface area contributed by atoms with E-state index in [0.29, 0.717) is 22.3 Å². The van der Waals surface area contributed by atoms with Crippen molar-refractivity contribution in [3.8, 4) is 5.69 Å². The van der Waals surface area contributed by atoms with Crippen LogP contribution in [0, 0.1) is 0 Å². The zero-order chi connectivity index (χ0) is 14.1. The van der Waals surface area contributed by atoms with Crippen molar-refractivity contribution >= 4 is 22.5 Å². The topological polar surface area (TPSA) is 99.0 Å². The fourth-order valence-corrected chi connectivity index (χ4v) is 2.13. The minimum Gasteiger partial charge on any atom is -0.399 e. The van der Waals surface area contributed by atoms with E-state index in [1.807, 2.05) is 6.07 Å². The maximum atomic E-state index is 12.6. The van der Waals surface area contributed by atoms with Crippen LogP contribution in [0.5, 0.6) is 0 Å². The predicted molar refractivity (Wildman–Crippen MR) is 79.6 cm³/mol. The molecule has 0 unspecified atom stereocenters. The fourth-order valence-electron chi connectivity index (χ4n) is 2.13. The minimum atomic E-state index is -0.200. The third-order valence-corrected chi connectivity index (χ3v) is 3.03. The van der Waals surface area contributed by atoms with Gasteiger partial charge < -0.3 is 5.73 Å². The lowest BCUT2D eigenvalue weighted by atomic mass is 10.2. The molecule has 6 heteroatoms. The van der Waals surface area contributed by atoms with E-state index in [-0.39, 0.29) is 11.5 Å². The summed E-state index contributed by atoms with van der Waals surface area (Å²) in [5.74, 6) is 5.75. The Kier molecular flexibility index (Phi) is 2.85. The van der Waals surface area contributed by atoms with E-state index >= 15 is 0 Å². The molecule has 0 atom stereocenters. The molecule has 6 nitrogen and oxygen atoms in total. The van der Waals surface area contributed by atoms with Gasteiger partial charge in [0.05, 0.1) is 16.6 Å². The average Bonchev–Trinajstić information content (AvgIpc) is 2.47. The van der Waals surface area contributed by atoms with E-state index in [0.717, 1.165) is 0 Å². The molecular formula is C14H13N5O. The summed E-state index contributed by atoms with van der Waals surface area (Å²) < 4.78 is 1.40. The molecule has 3 aromatic rings. The van der Waals surface area contributed by atoms with Crippen molar-refractivity contribution in [1.29, 1.82) is 0 Å². The summed E-state index contributed by atoms with van der Waals surface area (Å²) >= 11 is 0. The third-order valence-electron chi connectivity index (χ3n) is 3.03. The van der Waals surface area contributed by atoms with Gasteiger partial charge in [0.2, 0.25) is 5.95 Å². The number of rotatable bonds is 2. The second-order valence-electron chi connectivity index (χ2n) is 4.33. The molecule has 5 N–H and O–H groups in total. The largest absolute Gasteiger partial charge is 0.399 e. The summed E-state index contributed by atoms with van der Waals surface area (Å²) in [5, 5.41) is 0.522. The van der Waals surface area contributed by atoms with Gasteiger partial charge in [-0.3, -0.25) is 10.2 Å². The average molecular weight is 267 g/mol. The Hall–Kier alpha value is -2.86. The number of benzene rings is 2. The molecule has 0 saturated heterocycles. The monoisotopic (exact) mass is 267 g/mol. The quantitative estimate of drug-likeness (QED) is 0.369. The summed E-state index contributed by atoms with van der Waals surface area (Å²) in [7, 11) is 0. The first kappa shape index (κ1) is 12.2.